The molecule has 2 rings (SSSR count). The Morgan fingerprint density at radius 1 is 1.52 bits per heavy atom. The maximum Gasteiger partial charge on any atom is 0.320 e. The van der Waals surface area contributed by atoms with E-state index in [0.717, 1.165) is 31.6 Å². The van der Waals surface area contributed by atoms with Crippen LogP contribution in [-0.2, 0) is 4.79 Å². The smallest absolute Gasteiger partial charge is 0.320 e. The molecule has 0 amide bonds. The highest BCUT2D eigenvalue weighted by Gasteiger charge is 2.32. The van der Waals surface area contributed by atoms with Gasteiger partial charge in [-0.2, -0.15) is 0 Å². The van der Waals surface area contributed by atoms with Gasteiger partial charge in [0.05, 0.1) is 0 Å². The zero-order valence-corrected chi connectivity index (χ0v) is 13.1. The summed E-state index contributed by atoms with van der Waals surface area (Å²) in [5.41, 5.74) is 0. The lowest BCUT2D eigenvalue weighted by molar-refractivity contribution is -0.145. The van der Waals surface area contributed by atoms with Crippen LogP contribution < -0.4 is 4.74 Å². The number of hydrogen-bond donors (Lipinski definition) is 1. The van der Waals surface area contributed by atoms with E-state index in [1.54, 1.807) is 12.1 Å². The molecule has 0 saturated carbocycles. The highest BCUT2D eigenvalue weighted by Crippen LogP contribution is 2.25. The fraction of sp³-hybridized carbons (Fsp3) is 0.562. The lowest BCUT2D eigenvalue weighted by Gasteiger charge is -2.36. The lowest BCUT2D eigenvalue weighted by Crippen LogP contribution is -2.48. The highest BCUT2D eigenvalue weighted by molar-refractivity contribution is 6.30. The van der Waals surface area contributed by atoms with Crippen molar-refractivity contribution in [3.05, 3.63) is 29.3 Å². The Labute approximate surface area is 130 Å². The molecule has 0 radical (unpaired) electrons. The third kappa shape index (κ3) is 4.61. The quantitative estimate of drug-likeness (QED) is 0.876. The Morgan fingerprint density at radius 2 is 2.33 bits per heavy atom. The molecule has 1 N–H and O–H groups in total. The summed E-state index contributed by atoms with van der Waals surface area (Å²) in [4.78, 5) is 13.4. The molecule has 1 aliphatic heterocycles. The van der Waals surface area contributed by atoms with Gasteiger partial charge in [-0.3, -0.25) is 9.69 Å². The summed E-state index contributed by atoms with van der Waals surface area (Å²) in [5.74, 6) is 0.518. The van der Waals surface area contributed by atoms with Gasteiger partial charge in [-0.05, 0) is 43.5 Å². The average Bonchev–Trinajstić information content (AvgIpc) is 2.47. The van der Waals surface area contributed by atoms with Crippen LogP contribution in [0.1, 0.15) is 26.2 Å². The van der Waals surface area contributed by atoms with E-state index in [0.29, 0.717) is 24.1 Å². The fourth-order valence-electron chi connectivity index (χ4n) is 2.82. The third-order valence-corrected chi connectivity index (χ3v) is 4.36. The SMILES string of the molecule is CCC1CCN(CCOc2cccc(Cl)c2)C(C(=O)O)C1. The number of nitrogens with zero attached hydrogens (tertiary/aromatic N) is 1. The molecule has 2 unspecified atom stereocenters. The number of piperidine rings is 1. The molecule has 0 aliphatic carbocycles. The molecule has 1 fully saturated rings. The first-order valence-corrected chi connectivity index (χ1v) is 7.83. The van der Waals surface area contributed by atoms with E-state index in [-0.39, 0.29) is 6.04 Å². The van der Waals surface area contributed by atoms with Crippen molar-refractivity contribution in [2.75, 3.05) is 19.7 Å². The van der Waals surface area contributed by atoms with E-state index in [1.807, 2.05) is 17.0 Å². The van der Waals surface area contributed by atoms with Gasteiger partial charge in [0.1, 0.15) is 18.4 Å². The fourth-order valence-corrected chi connectivity index (χ4v) is 3.00. The van der Waals surface area contributed by atoms with Gasteiger partial charge in [-0.15, -0.1) is 0 Å². The Bertz CT molecular complexity index is 480. The molecular formula is C16H22ClNO3. The summed E-state index contributed by atoms with van der Waals surface area (Å²) >= 11 is 5.90. The number of carbonyl (C=O) groups is 1. The first-order chi connectivity index (χ1) is 10.1. The number of aliphatic carboxylic acids is 1. The number of hydrogen-bond acceptors (Lipinski definition) is 3. The normalized spacial score (nSPS) is 23.0. The van der Waals surface area contributed by atoms with Gasteiger partial charge in [0.15, 0.2) is 0 Å². The van der Waals surface area contributed by atoms with Gasteiger partial charge in [0.25, 0.3) is 0 Å². The van der Waals surface area contributed by atoms with Gasteiger partial charge in [-0.1, -0.05) is 31.0 Å². The summed E-state index contributed by atoms with van der Waals surface area (Å²) in [7, 11) is 0. The Balaban J connectivity index is 1.85. The van der Waals surface area contributed by atoms with E-state index >= 15 is 0 Å². The number of likely N-dealkylation sites (tertiary alicyclic amines) is 1. The van der Waals surface area contributed by atoms with Gasteiger partial charge < -0.3 is 9.84 Å². The summed E-state index contributed by atoms with van der Waals surface area (Å²) in [6.45, 7) is 4.05. The van der Waals surface area contributed by atoms with Crippen LogP contribution in [0.2, 0.25) is 5.02 Å². The number of benzene rings is 1. The maximum atomic E-state index is 11.4. The second-order valence-corrected chi connectivity index (χ2v) is 5.93. The molecule has 1 aromatic carbocycles. The van der Waals surface area contributed by atoms with E-state index in [2.05, 4.69) is 6.92 Å². The summed E-state index contributed by atoms with van der Waals surface area (Å²) in [6.07, 6.45) is 2.86. The summed E-state index contributed by atoms with van der Waals surface area (Å²) in [5, 5.41) is 10.0. The number of ether oxygens (including phenoxy) is 1. The lowest BCUT2D eigenvalue weighted by atomic mass is 9.89. The van der Waals surface area contributed by atoms with Crippen LogP contribution in [0.5, 0.6) is 5.75 Å². The number of carboxylic acids is 1. The molecule has 5 heteroatoms. The monoisotopic (exact) mass is 311 g/mol. The van der Waals surface area contributed by atoms with Crippen LogP contribution in [0, 0.1) is 5.92 Å². The molecule has 2 atom stereocenters. The van der Waals surface area contributed by atoms with E-state index in [9.17, 15) is 9.90 Å². The minimum atomic E-state index is -0.726. The first-order valence-electron chi connectivity index (χ1n) is 7.45. The second kappa shape index (κ2) is 7.66. The minimum absolute atomic E-state index is 0.383. The zero-order chi connectivity index (χ0) is 15.2. The van der Waals surface area contributed by atoms with Gasteiger partial charge >= 0.3 is 5.97 Å². The topological polar surface area (TPSA) is 49.8 Å². The molecule has 21 heavy (non-hydrogen) atoms. The minimum Gasteiger partial charge on any atom is -0.492 e. The first kappa shape index (κ1) is 16.1. The maximum absolute atomic E-state index is 11.4. The molecule has 1 heterocycles. The molecular weight excluding hydrogens is 290 g/mol. The average molecular weight is 312 g/mol. The summed E-state index contributed by atoms with van der Waals surface area (Å²) in [6, 6.07) is 6.87. The summed E-state index contributed by atoms with van der Waals surface area (Å²) < 4.78 is 5.65. The second-order valence-electron chi connectivity index (χ2n) is 5.49. The van der Waals surface area contributed by atoms with Crippen molar-refractivity contribution in [2.45, 2.75) is 32.2 Å². The van der Waals surface area contributed by atoms with E-state index in [4.69, 9.17) is 16.3 Å². The van der Waals surface area contributed by atoms with Gasteiger partial charge in [-0.25, -0.2) is 0 Å². The van der Waals surface area contributed by atoms with Crippen LogP contribution >= 0.6 is 11.6 Å². The molecule has 1 aliphatic rings. The third-order valence-electron chi connectivity index (χ3n) is 4.13. The van der Waals surface area contributed by atoms with Crippen LogP contribution in [0.3, 0.4) is 0 Å². The predicted molar refractivity (Wildman–Crippen MR) is 83.0 cm³/mol. The van der Waals surface area contributed by atoms with Crippen molar-refractivity contribution in [1.29, 1.82) is 0 Å². The molecule has 116 valence electrons. The molecule has 4 nitrogen and oxygen atoms in total. The molecule has 0 bridgehead atoms. The standard InChI is InChI=1S/C16H22ClNO3/c1-2-12-6-7-18(15(10-12)16(19)20)8-9-21-14-5-3-4-13(17)11-14/h3-5,11-12,15H,2,6-10H2,1H3,(H,19,20). The molecule has 0 aromatic heterocycles. The Hall–Kier alpha value is -1.26. The van der Waals surface area contributed by atoms with Crippen molar-refractivity contribution >= 4 is 17.6 Å². The van der Waals surface area contributed by atoms with E-state index in [1.165, 1.54) is 0 Å². The number of halogens is 1. The zero-order valence-electron chi connectivity index (χ0n) is 12.3. The number of rotatable bonds is 6. The van der Waals surface area contributed by atoms with Crippen molar-refractivity contribution in [2.24, 2.45) is 5.92 Å². The molecule has 1 aromatic rings. The highest BCUT2D eigenvalue weighted by atomic mass is 35.5. The Morgan fingerprint density at radius 3 is 3.00 bits per heavy atom. The molecule has 1 saturated heterocycles. The van der Waals surface area contributed by atoms with Gasteiger partial charge in [0.2, 0.25) is 0 Å². The largest absolute Gasteiger partial charge is 0.492 e. The van der Waals surface area contributed by atoms with Crippen LogP contribution in [-0.4, -0.2) is 41.7 Å². The van der Waals surface area contributed by atoms with Gasteiger partial charge in [0, 0.05) is 11.6 Å². The molecule has 0 spiro atoms. The van der Waals surface area contributed by atoms with Crippen molar-refractivity contribution < 1.29 is 14.6 Å². The van der Waals surface area contributed by atoms with Crippen LogP contribution in [0.15, 0.2) is 24.3 Å². The van der Waals surface area contributed by atoms with Crippen molar-refractivity contribution in [3.63, 3.8) is 0 Å². The number of carboxylic acid groups (broad SMARTS) is 1. The van der Waals surface area contributed by atoms with Crippen molar-refractivity contribution in [1.82, 2.24) is 4.90 Å². The van der Waals surface area contributed by atoms with Crippen LogP contribution in [0.4, 0.5) is 0 Å². The van der Waals surface area contributed by atoms with Crippen molar-refractivity contribution in [3.8, 4) is 5.75 Å². The Kier molecular flexibility index (Phi) is 5.88. The van der Waals surface area contributed by atoms with E-state index < -0.39 is 5.97 Å². The predicted octanol–water partition coefficient (Wildman–Crippen LogP) is 3.29. The van der Waals surface area contributed by atoms with Crippen LogP contribution in [0.25, 0.3) is 0 Å².